The number of hydrogen-bond acceptors (Lipinski definition) is 4. The number of benzene rings is 1. The van der Waals surface area contributed by atoms with E-state index in [2.05, 4.69) is 26.0 Å². The van der Waals surface area contributed by atoms with E-state index in [0.717, 1.165) is 49.9 Å². The number of pyridine rings is 2. The fourth-order valence-electron chi connectivity index (χ4n) is 3.76. The van der Waals surface area contributed by atoms with Crippen LogP contribution in [-0.2, 0) is 4.79 Å². The van der Waals surface area contributed by atoms with Crippen LogP contribution in [0.2, 0.25) is 0 Å². The van der Waals surface area contributed by atoms with Gasteiger partial charge in [0.15, 0.2) is 0 Å². The minimum atomic E-state index is -0.502. The number of H-pyrrole nitrogens is 2. The maximum Gasteiger partial charge on any atom is 0.241 e. The highest BCUT2D eigenvalue weighted by Gasteiger charge is 2.13. The van der Waals surface area contributed by atoms with E-state index >= 15 is 0 Å². The lowest BCUT2D eigenvalue weighted by atomic mass is 10.00. The number of ether oxygens (including phenoxy) is 1. The van der Waals surface area contributed by atoms with Crippen LogP contribution in [0.1, 0.15) is 5.56 Å². The Balaban J connectivity index is 1.66. The lowest BCUT2D eigenvalue weighted by Gasteiger charge is -2.08. The minimum Gasteiger partial charge on any atom is -0.497 e. The molecule has 0 aliphatic rings. The van der Waals surface area contributed by atoms with Gasteiger partial charge >= 0.3 is 0 Å². The number of nitrogens with zero attached hydrogens (tertiary/aromatic N) is 2. The summed E-state index contributed by atoms with van der Waals surface area (Å²) in [5.41, 5.74) is 11.7. The molecular weight excluding hydrogens is 390 g/mol. The molecule has 1 aromatic carbocycles. The average molecular weight is 409 g/mol. The van der Waals surface area contributed by atoms with E-state index in [1.165, 1.54) is 6.08 Å². The second kappa shape index (κ2) is 7.46. The summed E-state index contributed by atoms with van der Waals surface area (Å²) in [5, 5.41) is 2.05. The van der Waals surface area contributed by atoms with Crippen LogP contribution in [0, 0.1) is 0 Å². The van der Waals surface area contributed by atoms with E-state index in [1.54, 1.807) is 19.4 Å². The first-order chi connectivity index (χ1) is 15.1. The first-order valence-electron chi connectivity index (χ1n) is 9.69. The minimum absolute atomic E-state index is 0.502. The van der Waals surface area contributed by atoms with Gasteiger partial charge in [-0.3, -0.25) is 4.79 Å². The molecule has 0 unspecified atom stereocenters. The molecule has 7 heteroatoms. The van der Waals surface area contributed by atoms with Crippen molar-refractivity contribution in [2.24, 2.45) is 5.73 Å². The number of primary amides is 1. The fourth-order valence-corrected chi connectivity index (χ4v) is 3.76. The van der Waals surface area contributed by atoms with Crippen molar-refractivity contribution in [2.75, 3.05) is 7.11 Å². The Kier molecular flexibility index (Phi) is 4.48. The van der Waals surface area contributed by atoms with Gasteiger partial charge in [-0.05, 0) is 59.2 Å². The van der Waals surface area contributed by atoms with Crippen molar-refractivity contribution in [3.8, 4) is 28.0 Å². The maximum absolute atomic E-state index is 11.1. The van der Waals surface area contributed by atoms with Crippen LogP contribution in [0.15, 0.2) is 67.3 Å². The van der Waals surface area contributed by atoms with Crippen molar-refractivity contribution < 1.29 is 9.53 Å². The SMILES string of the molecule is COc1cc(/C=C/C(N)=O)cc(-c2cnc3[nH]cc(-c4ccnc5[nH]ccc45)c3c2)c1. The zero-order valence-electron chi connectivity index (χ0n) is 16.7. The summed E-state index contributed by atoms with van der Waals surface area (Å²) in [7, 11) is 1.61. The summed E-state index contributed by atoms with van der Waals surface area (Å²) in [6.45, 7) is 0. The molecule has 0 atom stereocenters. The largest absolute Gasteiger partial charge is 0.497 e. The third-order valence-corrected chi connectivity index (χ3v) is 5.22. The molecular formula is C24H19N5O2. The second-order valence-electron chi connectivity index (χ2n) is 7.15. The van der Waals surface area contributed by atoms with Gasteiger partial charge in [-0.1, -0.05) is 0 Å². The van der Waals surface area contributed by atoms with E-state index in [0.29, 0.717) is 5.75 Å². The van der Waals surface area contributed by atoms with Crippen LogP contribution >= 0.6 is 0 Å². The zero-order valence-corrected chi connectivity index (χ0v) is 16.7. The van der Waals surface area contributed by atoms with Gasteiger partial charge in [0.2, 0.25) is 5.91 Å². The number of fused-ring (bicyclic) bond motifs is 2. The highest BCUT2D eigenvalue weighted by atomic mass is 16.5. The standard InChI is InChI=1S/C24H19N5O2/c1-31-17-9-14(2-3-22(25)30)8-15(10-17)16-11-20-21(13-29-24(20)28-12-16)18-4-6-26-23-19(18)5-7-27-23/h2-13H,1H3,(H2,25,30)(H,26,27)(H,28,29)/b3-2+. The Hall–Kier alpha value is -4.39. The van der Waals surface area contributed by atoms with Crippen LogP contribution in [0.4, 0.5) is 0 Å². The number of amides is 1. The van der Waals surface area contributed by atoms with Gasteiger partial charge in [-0.2, -0.15) is 0 Å². The van der Waals surface area contributed by atoms with Gasteiger partial charge in [0.25, 0.3) is 0 Å². The molecule has 4 heterocycles. The Morgan fingerprint density at radius 3 is 2.71 bits per heavy atom. The molecule has 0 bridgehead atoms. The first-order valence-corrected chi connectivity index (χ1v) is 9.69. The normalized spacial score (nSPS) is 11.5. The van der Waals surface area contributed by atoms with Crippen molar-refractivity contribution in [3.05, 3.63) is 72.8 Å². The Bertz CT molecular complexity index is 1460. The summed E-state index contributed by atoms with van der Waals surface area (Å²) < 4.78 is 5.44. The average Bonchev–Trinajstić information content (AvgIpc) is 3.44. The van der Waals surface area contributed by atoms with Crippen molar-refractivity contribution in [3.63, 3.8) is 0 Å². The molecule has 0 radical (unpaired) electrons. The lowest BCUT2D eigenvalue weighted by molar-refractivity contribution is -0.113. The van der Waals surface area contributed by atoms with Gasteiger partial charge in [0.1, 0.15) is 17.0 Å². The van der Waals surface area contributed by atoms with Crippen LogP contribution < -0.4 is 10.5 Å². The van der Waals surface area contributed by atoms with Crippen LogP contribution in [0.5, 0.6) is 5.75 Å². The molecule has 31 heavy (non-hydrogen) atoms. The maximum atomic E-state index is 11.1. The van der Waals surface area contributed by atoms with Gasteiger partial charge in [-0.15, -0.1) is 0 Å². The number of rotatable bonds is 5. The highest BCUT2D eigenvalue weighted by Crippen LogP contribution is 2.35. The lowest BCUT2D eigenvalue weighted by Crippen LogP contribution is -2.05. The third kappa shape index (κ3) is 3.42. The van der Waals surface area contributed by atoms with E-state index < -0.39 is 5.91 Å². The summed E-state index contributed by atoms with van der Waals surface area (Å²) in [5.74, 6) is 0.178. The second-order valence-corrected chi connectivity index (χ2v) is 7.15. The molecule has 152 valence electrons. The number of nitrogens with two attached hydrogens (primary N) is 1. The molecule has 4 N–H and O–H groups in total. The first kappa shape index (κ1) is 18.6. The molecule has 0 saturated heterocycles. The monoisotopic (exact) mass is 409 g/mol. The quantitative estimate of drug-likeness (QED) is 0.376. The smallest absolute Gasteiger partial charge is 0.241 e. The Morgan fingerprint density at radius 1 is 1.00 bits per heavy atom. The predicted molar refractivity (Wildman–Crippen MR) is 121 cm³/mol. The molecule has 5 rings (SSSR count). The van der Waals surface area contributed by atoms with Crippen LogP contribution in [0.3, 0.4) is 0 Å². The molecule has 0 aliphatic heterocycles. The molecule has 0 fully saturated rings. The van der Waals surface area contributed by atoms with Crippen molar-refractivity contribution >= 4 is 34.1 Å². The zero-order chi connectivity index (χ0) is 21.4. The number of aromatic nitrogens is 4. The summed E-state index contributed by atoms with van der Waals surface area (Å²) in [6, 6.07) is 11.9. The molecule has 5 aromatic rings. The number of hydrogen-bond donors (Lipinski definition) is 3. The fraction of sp³-hybridized carbons (Fsp3) is 0.0417. The number of nitrogens with one attached hydrogen (secondary N) is 2. The topological polar surface area (TPSA) is 110 Å². The van der Waals surface area contributed by atoms with Gasteiger partial charge in [-0.25, -0.2) is 9.97 Å². The van der Waals surface area contributed by atoms with Gasteiger partial charge in [0, 0.05) is 52.8 Å². The summed E-state index contributed by atoms with van der Waals surface area (Å²) >= 11 is 0. The highest BCUT2D eigenvalue weighted by molar-refractivity contribution is 6.03. The van der Waals surface area contributed by atoms with Crippen molar-refractivity contribution in [2.45, 2.75) is 0 Å². The third-order valence-electron chi connectivity index (χ3n) is 5.22. The number of methoxy groups -OCH3 is 1. The van der Waals surface area contributed by atoms with Gasteiger partial charge in [0.05, 0.1) is 7.11 Å². The predicted octanol–water partition coefficient (Wildman–Crippen LogP) is 4.28. The molecule has 7 nitrogen and oxygen atoms in total. The van der Waals surface area contributed by atoms with E-state index in [4.69, 9.17) is 10.5 Å². The number of aromatic amines is 2. The Morgan fingerprint density at radius 2 is 1.87 bits per heavy atom. The number of carbonyl (C=O) groups is 1. The van der Waals surface area contributed by atoms with Gasteiger partial charge < -0.3 is 20.4 Å². The van der Waals surface area contributed by atoms with Crippen molar-refractivity contribution in [1.29, 1.82) is 0 Å². The molecule has 1 amide bonds. The van der Waals surface area contributed by atoms with Crippen LogP contribution in [0.25, 0.3) is 50.4 Å². The molecule has 0 saturated carbocycles. The van der Waals surface area contributed by atoms with E-state index in [1.807, 2.05) is 48.9 Å². The number of carbonyl (C=O) groups excluding carboxylic acids is 1. The molecule has 4 aromatic heterocycles. The van der Waals surface area contributed by atoms with E-state index in [-0.39, 0.29) is 0 Å². The molecule has 0 spiro atoms. The summed E-state index contributed by atoms with van der Waals surface area (Å²) in [4.78, 5) is 26.5. The van der Waals surface area contributed by atoms with Crippen LogP contribution in [-0.4, -0.2) is 33.0 Å². The Labute approximate surface area is 177 Å². The van der Waals surface area contributed by atoms with Crippen molar-refractivity contribution in [1.82, 2.24) is 19.9 Å². The van der Waals surface area contributed by atoms with E-state index in [9.17, 15) is 4.79 Å². The summed E-state index contributed by atoms with van der Waals surface area (Å²) in [6.07, 6.45) is 10.5. The molecule has 0 aliphatic carbocycles.